The number of amides is 1. The molecule has 0 spiro atoms. The molecule has 0 atom stereocenters. The molecule has 1 aromatic heterocycles. The van der Waals surface area contributed by atoms with Crippen LogP contribution in [0.25, 0.3) is 11.3 Å². The van der Waals surface area contributed by atoms with Crippen LogP contribution in [0.15, 0.2) is 30.6 Å². The predicted octanol–water partition coefficient (Wildman–Crippen LogP) is 4.64. The van der Waals surface area contributed by atoms with Crippen molar-refractivity contribution in [2.75, 3.05) is 6.26 Å². The van der Waals surface area contributed by atoms with Gasteiger partial charge in [-0.1, -0.05) is 24.3 Å². The summed E-state index contributed by atoms with van der Waals surface area (Å²) in [6.45, 7) is 9.69. The van der Waals surface area contributed by atoms with Crippen molar-refractivity contribution in [3.05, 3.63) is 41.9 Å². The van der Waals surface area contributed by atoms with E-state index in [0.29, 0.717) is 17.1 Å². The lowest BCUT2D eigenvalue weighted by atomic mass is 10.0. The Bertz CT molecular complexity index is 741. The van der Waals surface area contributed by atoms with E-state index in [9.17, 15) is 4.79 Å². The van der Waals surface area contributed by atoms with Crippen molar-refractivity contribution in [3.8, 4) is 17.0 Å². The van der Waals surface area contributed by atoms with E-state index in [-0.39, 0.29) is 5.54 Å². The minimum Gasteiger partial charge on any atom is -0.405 e. The fraction of sp³-hybridized carbons (Fsp3) is 0.389. The van der Waals surface area contributed by atoms with Crippen LogP contribution in [0.2, 0.25) is 0 Å². The maximum Gasteiger partial charge on any atom is 0.425 e. The van der Waals surface area contributed by atoms with Gasteiger partial charge in [-0.25, -0.2) is 19.1 Å². The summed E-state index contributed by atoms with van der Waals surface area (Å²) in [6.07, 6.45) is 2.91. The van der Waals surface area contributed by atoms with Gasteiger partial charge in [-0.2, -0.15) is 0 Å². The molecule has 0 unspecified atom stereocenters. The monoisotopic (exact) mass is 345 g/mol. The largest absolute Gasteiger partial charge is 0.425 e. The van der Waals surface area contributed by atoms with Crippen molar-refractivity contribution in [2.24, 2.45) is 0 Å². The van der Waals surface area contributed by atoms with Crippen molar-refractivity contribution in [3.63, 3.8) is 0 Å². The molecule has 128 valence electrons. The highest BCUT2D eigenvalue weighted by Crippen LogP contribution is 2.33. The summed E-state index contributed by atoms with van der Waals surface area (Å²) in [5, 5.41) is 0. The lowest BCUT2D eigenvalue weighted by molar-refractivity contribution is 0.158. The molecule has 0 radical (unpaired) electrons. The molecule has 0 aliphatic rings. The molecule has 0 fully saturated rings. The molecule has 0 aliphatic carbocycles. The van der Waals surface area contributed by atoms with Crippen molar-refractivity contribution < 1.29 is 9.53 Å². The molecule has 0 N–H and O–H groups in total. The van der Waals surface area contributed by atoms with Crippen molar-refractivity contribution in [2.45, 2.75) is 40.2 Å². The standard InChI is InChI=1S/C18H23N3O2S/c1-12-9-7-8-10-14(12)15-16(13(2)19-11-20-15)23-17(22)21(24-6)18(3,4)5/h7-11H,1-6H3. The molecule has 0 saturated carbocycles. The first kappa shape index (κ1) is 18.3. The predicted molar refractivity (Wildman–Crippen MR) is 98.1 cm³/mol. The molecule has 0 saturated heterocycles. The number of hydrogen-bond donors (Lipinski definition) is 0. The van der Waals surface area contributed by atoms with Crippen LogP contribution in [-0.2, 0) is 0 Å². The molecule has 2 aromatic rings. The third kappa shape index (κ3) is 3.87. The highest BCUT2D eigenvalue weighted by Gasteiger charge is 2.29. The zero-order chi connectivity index (χ0) is 17.9. The van der Waals surface area contributed by atoms with E-state index in [0.717, 1.165) is 11.1 Å². The van der Waals surface area contributed by atoms with Gasteiger partial charge in [0.1, 0.15) is 12.0 Å². The van der Waals surface area contributed by atoms with Gasteiger partial charge in [0.05, 0.1) is 5.69 Å². The highest BCUT2D eigenvalue weighted by molar-refractivity contribution is 7.96. The van der Waals surface area contributed by atoms with E-state index >= 15 is 0 Å². The number of aromatic nitrogens is 2. The lowest BCUT2D eigenvalue weighted by Gasteiger charge is -2.32. The van der Waals surface area contributed by atoms with Crippen LogP contribution in [0.3, 0.4) is 0 Å². The van der Waals surface area contributed by atoms with Gasteiger partial charge in [-0.3, -0.25) is 0 Å². The zero-order valence-corrected chi connectivity index (χ0v) is 15.8. The number of carbonyl (C=O) groups is 1. The number of aryl methyl sites for hydroxylation is 2. The van der Waals surface area contributed by atoms with Gasteiger partial charge in [-0.05, 0) is 52.1 Å². The summed E-state index contributed by atoms with van der Waals surface area (Å²) < 4.78 is 7.30. The number of nitrogens with zero attached hydrogens (tertiary/aromatic N) is 3. The van der Waals surface area contributed by atoms with Gasteiger partial charge in [0.15, 0.2) is 5.75 Å². The molecule has 1 amide bonds. The zero-order valence-electron chi connectivity index (χ0n) is 15.0. The van der Waals surface area contributed by atoms with Crippen LogP contribution in [0, 0.1) is 13.8 Å². The van der Waals surface area contributed by atoms with Crippen LogP contribution in [0.4, 0.5) is 4.79 Å². The Labute approximate surface area is 147 Å². The SMILES string of the molecule is CSN(C(=O)Oc1c(C)ncnc1-c1ccccc1C)C(C)(C)C. The third-order valence-electron chi connectivity index (χ3n) is 3.53. The number of benzene rings is 1. The number of rotatable bonds is 3. The lowest BCUT2D eigenvalue weighted by Crippen LogP contribution is -2.42. The highest BCUT2D eigenvalue weighted by atomic mass is 32.2. The Morgan fingerprint density at radius 1 is 1.17 bits per heavy atom. The van der Waals surface area contributed by atoms with Crippen LogP contribution in [0.5, 0.6) is 5.75 Å². The second-order valence-corrected chi connectivity index (χ2v) is 7.20. The minimum atomic E-state index is -0.428. The van der Waals surface area contributed by atoms with Crippen molar-refractivity contribution in [1.29, 1.82) is 0 Å². The molecule has 0 aliphatic heterocycles. The summed E-state index contributed by atoms with van der Waals surface area (Å²) in [7, 11) is 0. The second kappa shape index (κ2) is 7.21. The summed E-state index contributed by atoms with van der Waals surface area (Å²) in [4.78, 5) is 21.2. The number of ether oxygens (including phenoxy) is 1. The molecule has 2 rings (SSSR count). The van der Waals surface area contributed by atoms with Crippen LogP contribution < -0.4 is 4.74 Å². The molecule has 5 nitrogen and oxygen atoms in total. The molecular weight excluding hydrogens is 322 g/mol. The van der Waals surface area contributed by atoms with E-state index in [1.807, 2.05) is 65.1 Å². The quantitative estimate of drug-likeness (QED) is 0.759. The Morgan fingerprint density at radius 3 is 2.42 bits per heavy atom. The van der Waals surface area contributed by atoms with Crippen molar-refractivity contribution in [1.82, 2.24) is 14.3 Å². The van der Waals surface area contributed by atoms with Gasteiger partial charge < -0.3 is 4.74 Å². The average Bonchev–Trinajstić information content (AvgIpc) is 2.49. The van der Waals surface area contributed by atoms with E-state index in [1.165, 1.54) is 18.3 Å². The first-order chi connectivity index (χ1) is 11.3. The summed E-state index contributed by atoms with van der Waals surface area (Å²) >= 11 is 1.33. The fourth-order valence-corrected chi connectivity index (χ4v) is 3.10. The smallest absolute Gasteiger partial charge is 0.405 e. The van der Waals surface area contributed by atoms with Gasteiger partial charge in [0, 0.05) is 17.4 Å². The van der Waals surface area contributed by atoms with Gasteiger partial charge in [0.2, 0.25) is 0 Å². The molecular formula is C18H23N3O2S. The summed E-state index contributed by atoms with van der Waals surface area (Å²) in [5.41, 5.74) is 2.89. The molecule has 1 aromatic carbocycles. The fourth-order valence-electron chi connectivity index (χ4n) is 2.37. The Morgan fingerprint density at radius 2 is 1.83 bits per heavy atom. The summed E-state index contributed by atoms with van der Waals surface area (Å²) in [6, 6.07) is 7.87. The van der Waals surface area contributed by atoms with E-state index < -0.39 is 6.09 Å². The molecule has 0 bridgehead atoms. The average molecular weight is 345 g/mol. The first-order valence-corrected chi connectivity index (χ1v) is 8.87. The maximum absolute atomic E-state index is 12.6. The Hall–Kier alpha value is -2.08. The van der Waals surface area contributed by atoms with Gasteiger partial charge >= 0.3 is 6.09 Å². The topological polar surface area (TPSA) is 55.3 Å². The molecule has 24 heavy (non-hydrogen) atoms. The Balaban J connectivity index is 2.45. The van der Waals surface area contributed by atoms with Crippen molar-refractivity contribution >= 4 is 18.0 Å². The number of hydrogen-bond acceptors (Lipinski definition) is 5. The third-order valence-corrected chi connectivity index (χ3v) is 4.59. The van der Waals surface area contributed by atoms with Gasteiger partial charge in [0.25, 0.3) is 0 Å². The second-order valence-electron chi connectivity index (χ2n) is 6.47. The number of carbonyl (C=O) groups excluding carboxylic acids is 1. The molecule has 1 heterocycles. The van der Waals surface area contributed by atoms with E-state index in [4.69, 9.17) is 4.74 Å². The Kier molecular flexibility index (Phi) is 5.49. The van der Waals surface area contributed by atoms with Crippen LogP contribution in [0.1, 0.15) is 32.0 Å². The van der Waals surface area contributed by atoms with E-state index in [1.54, 1.807) is 4.31 Å². The minimum absolute atomic E-state index is 0.358. The normalized spacial score (nSPS) is 11.2. The maximum atomic E-state index is 12.6. The van der Waals surface area contributed by atoms with Crippen LogP contribution in [-0.4, -0.2) is 32.2 Å². The first-order valence-electron chi connectivity index (χ1n) is 7.69. The van der Waals surface area contributed by atoms with Gasteiger partial charge in [-0.15, -0.1) is 0 Å². The van der Waals surface area contributed by atoms with E-state index in [2.05, 4.69) is 9.97 Å². The van der Waals surface area contributed by atoms with Crippen LogP contribution >= 0.6 is 11.9 Å². The summed E-state index contributed by atoms with van der Waals surface area (Å²) in [5.74, 6) is 0.403. The molecule has 6 heteroatoms.